The minimum Gasteiger partial charge on any atom is -0.344 e. The van der Waals surface area contributed by atoms with E-state index in [1.807, 2.05) is 38.4 Å². The minimum atomic E-state index is -0.323. The zero-order valence-electron chi connectivity index (χ0n) is 17.3. The summed E-state index contributed by atoms with van der Waals surface area (Å²) >= 11 is 0. The van der Waals surface area contributed by atoms with Crippen LogP contribution in [0.4, 0.5) is 4.39 Å². The lowest BCUT2D eigenvalue weighted by Gasteiger charge is -2.16. The van der Waals surface area contributed by atoms with E-state index < -0.39 is 0 Å². The summed E-state index contributed by atoms with van der Waals surface area (Å²) < 4.78 is 16.8. The van der Waals surface area contributed by atoms with E-state index in [4.69, 9.17) is 0 Å². The molecule has 3 heterocycles. The topological polar surface area (TPSA) is 77.6 Å². The lowest BCUT2D eigenvalue weighted by molar-refractivity contribution is 0.0939. The van der Waals surface area contributed by atoms with Gasteiger partial charge in [-0.1, -0.05) is 0 Å². The summed E-state index contributed by atoms with van der Waals surface area (Å²) in [6.07, 6.45) is 1.73. The van der Waals surface area contributed by atoms with E-state index in [0.717, 1.165) is 12.2 Å². The molecule has 1 atom stereocenters. The molecule has 1 N–H and O–H groups in total. The highest BCUT2D eigenvalue weighted by atomic mass is 19.1. The molecule has 0 aliphatic rings. The number of hydrogen-bond donors (Lipinski definition) is 1. The van der Waals surface area contributed by atoms with Gasteiger partial charge in [-0.3, -0.25) is 9.48 Å². The van der Waals surface area contributed by atoms with Gasteiger partial charge in [0.2, 0.25) is 0 Å². The predicted molar refractivity (Wildman–Crippen MR) is 112 cm³/mol. The fourth-order valence-corrected chi connectivity index (χ4v) is 3.68. The number of aryl methyl sites for hydroxylation is 3. The van der Waals surface area contributed by atoms with E-state index in [1.54, 1.807) is 29.1 Å². The lowest BCUT2D eigenvalue weighted by Crippen LogP contribution is -2.28. The molecule has 8 heteroatoms. The fourth-order valence-electron chi connectivity index (χ4n) is 3.68. The summed E-state index contributed by atoms with van der Waals surface area (Å²) in [7, 11) is 0. The quantitative estimate of drug-likeness (QED) is 0.546. The van der Waals surface area contributed by atoms with Crippen molar-refractivity contribution < 1.29 is 9.18 Å². The first-order valence-electron chi connectivity index (χ1n) is 9.84. The average molecular weight is 406 g/mol. The first kappa shape index (κ1) is 19.8. The van der Waals surface area contributed by atoms with E-state index in [-0.39, 0.29) is 17.8 Å². The predicted octanol–water partition coefficient (Wildman–Crippen LogP) is 3.88. The Kier molecular flexibility index (Phi) is 5.07. The third-order valence-electron chi connectivity index (χ3n) is 5.10. The number of hydrogen-bond acceptors (Lipinski definition) is 4. The summed E-state index contributed by atoms with van der Waals surface area (Å²) in [6.45, 7) is 8.34. The third kappa shape index (κ3) is 3.45. The standard InChI is InChI=1S/C22H23FN6O/c1-5-28-19(10-11-24-28)14(3)26-22(30)18-12-13(2)25-21-20(18)15(4)27-29(21)17-8-6-16(23)7-9-17/h6-12,14H,5H2,1-4H3,(H,26,30). The maximum Gasteiger partial charge on any atom is 0.252 e. The van der Waals surface area contributed by atoms with Gasteiger partial charge in [0.05, 0.1) is 34.1 Å². The maximum atomic E-state index is 13.3. The number of carbonyl (C=O) groups excluding carboxylic acids is 1. The average Bonchev–Trinajstić information content (AvgIpc) is 3.32. The Balaban J connectivity index is 1.76. The molecule has 3 aromatic heterocycles. The van der Waals surface area contributed by atoms with Crippen molar-refractivity contribution >= 4 is 16.9 Å². The zero-order chi connectivity index (χ0) is 21.4. The van der Waals surface area contributed by atoms with Gasteiger partial charge in [-0.15, -0.1) is 0 Å². The molecule has 4 aromatic rings. The molecule has 0 fully saturated rings. The first-order valence-corrected chi connectivity index (χ1v) is 9.84. The van der Waals surface area contributed by atoms with Crippen molar-refractivity contribution in [3.63, 3.8) is 0 Å². The number of aromatic nitrogens is 5. The van der Waals surface area contributed by atoms with Crippen LogP contribution >= 0.6 is 0 Å². The van der Waals surface area contributed by atoms with Crippen molar-refractivity contribution in [2.45, 2.75) is 40.3 Å². The smallest absolute Gasteiger partial charge is 0.252 e. The molecular weight excluding hydrogens is 383 g/mol. The van der Waals surface area contributed by atoms with E-state index in [9.17, 15) is 9.18 Å². The summed E-state index contributed by atoms with van der Waals surface area (Å²) in [6, 6.07) is 9.49. The molecule has 0 aliphatic carbocycles. The molecule has 0 saturated heterocycles. The van der Waals surface area contributed by atoms with Gasteiger partial charge in [0, 0.05) is 18.4 Å². The molecule has 4 rings (SSSR count). The second-order valence-electron chi connectivity index (χ2n) is 7.25. The van der Waals surface area contributed by atoms with Crippen LogP contribution in [0.2, 0.25) is 0 Å². The van der Waals surface area contributed by atoms with Gasteiger partial charge in [0.25, 0.3) is 5.91 Å². The highest BCUT2D eigenvalue weighted by molar-refractivity contribution is 6.06. The number of nitrogens with one attached hydrogen (secondary N) is 1. The van der Waals surface area contributed by atoms with E-state index >= 15 is 0 Å². The van der Waals surface area contributed by atoms with Crippen molar-refractivity contribution in [3.05, 3.63) is 71.1 Å². The summed E-state index contributed by atoms with van der Waals surface area (Å²) in [5, 5.41) is 12.6. The molecule has 0 aliphatic heterocycles. The second-order valence-corrected chi connectivity index (χ2v) is 7.25. The Morgan fingerprint density at radius 2 is 1.93 bits per heavy atom. The molecule has 154 valence electrons. The van der Waals surface area contributed by atoms with Crippen LogP contribution in [0.15, 0.2) is 42.6 Å². The maximum absolute atomic E-state index is 13.3. The van der Waals surface area contributed by atoms with Crippen LogP contribution < -0.4 is 5.32 Å². The summed E-state index contributed by atoms with van der Waals surface area (Å²) in [4.78, 5) is 17.8. The summed E-state index contributed by atoms with van der Waals surface area (Å²) in [5.41, 5.74) is 4.07. The van der Waals surface area contributed by atoms with Crippen LogP contribution in [0, 0.1) is 19.7 Å². The number of halogens is 1. The lowest BCUT2D eigenvalue weighted by atomic mass is 10.1. The Morgan fingerprint density at radius 3 is 2.63 bits per heavy atom. The largest absolute Gasteiger partial charge is 0.344 e. The molecule has 0 bridgehead atoms. The normalized spacial score (nSPS) is 12.3. The monoisotopic (exact) mass is 406 g/mol. The second kappa shape index (κ2) is 7.70. The summed E-state index contributed by atoms with van der Waals surface area (Å²) in [5.74, 6) is -0.528. The van der Waals surface area contributed by atoms with Crippen LogP contribution in [-0.4, -0.2) is 30.5 Å². The Morgan fingerprint density at radius 1 is 1.20 bits per heavy atom. The number of pyridine rings is 1. The van der Waals surface area contributed by atoms with Crippen molar-refractivity contribution in [2.24, 2.45) is 0 Å². The number of nitrogens with zero attached hydrogens (tertiary/aromatic N) is 5. The molecule has 1 amide bonds. The zero-order valence-corrected chi connectivity index (χ0v) is 17.3. The van der Waals surface area contributed by atoms with Gasteiger partial charge in [-0.2, -0.15) is 10.2 Å². The number of fused-ring (bicyclic) bond motifs is 1. The van der Waals surface area contributed by atoms with Crippen molar-refractivity contribution in [2.75, 3.05) is 0 Å². The van der Waals surface area contributed by atoms with Crippen LogP contribution in [0.3, 0.4) is 0 Å². The molecule has 0 radical (unpaired) electrons. The molecule has 30 heavy (non-hydrogen) atoms. The minimum absolute atomic E-state index is 0.205. The SMILES string of the molecule is CCn1nccc1C(C)NC(=O)c1cc(C)nc2c1c(C)nn2-c1ccc(F)cc1. The van der Waals surface area contributed by atoms with Gasteiger partial charge < -0.3 is 5.32 Å². The molecule has 0 spiro atoms. The van der Waals surface area contributed by atoms with Gasteiger partial charge in [-0.05, 0) is 64.1 Å². The van der Waals surface area contributed by atoms with Crippen LogP contribution in [0.5, 0.6) is 0 Å². The van der Waals surface area contributed by atoms with Gasteiger partial charge >= 0.3 is 0 Å². The van der Waals surface area contributed by atoms with Crippen molar-refractivity contribution in [1.29, 1.82) is 0 Å². The van der Waals surface area contributed by atoms with Crippen LogP contribution in [0.25, 0.3) is 16.7 Å². The van der Waals surface area contributed by atoms with E-state index in [0.29, 0.717) is 33.7 Å². The van der Waals surface area contributed by atoms with Crippen LogP contribution in [-0.2, 0) is 6.54 Å². The number of benzene rings is 1. The number of rotatable bonds is 5. The van der Waals surface area contributed by atoms with Gasteiger partial charge in [0.1, 0.15) is 5.82 Å². The van der Waals surface area contributed by atoms with Crippen molar-refractivity contribution in [3.8, 4) is 5.69 Å². The highest BCUT2D eigenvalue weighted by Gasteiger charge is 2.22. The first-order chi connectivity index (χ1) is 14.4. The number of amides is 1. The molecule has 1 aromatic carbocycles. The highest BCUT2D eigenvalue weighted by Crippen LogP contribution is 2.25. The van der Waals surface area contributed by atoms with E-state index in [2.05, 4.69) is 20.5 Å². The van der Waals surface area contributed by atoms with Crippen LogP contribution in [0.1, 0.15) is 47.3 Å². The molecule has 0 saturated carbocycles. The fraction of sp³-hybridized carbons (Fsp3) is 0.273. The van der Waals surface area contributed by atoms with Gasteiger partial charge in [0.15, 0.2) is 5.65 Å². The Bertz CT molecular complexity index is 1220. The Labute approximate surface area is 173 Å². The molecule has 7 nitrogen and oxygen atoms in total. The molecular formula is C22H23FN6O. The van der Waals surface area contributed by atoms with Crippen molar-refractivity contribution in [1.82, 2.24) is 29.9 Å². The van der Waals surface area contributed by atoms with E-state index in [1.165, 1.54) is 12.1 Å². The Hall–Kier alpha value is -3.55. The van der Waals surface area contributed by atoms with Gasteiger partial charge in [-0.25, -0.2) is 14.1 Å². The number of carbonyl (C=O) groups is 1. The molecule has 1 unspecified atom stereocenters. The third-order valence-corrected chi connectivity index (χ3v) is 5.10.